The Bertz CT molecular complexity index is 585. The third-order valence-electron chi connectivity index (χ3n) is 3.45. The maximum Gasteiger partial charge on any atom is 0.260 e. The molecule has 112 valence electrons. The summed E-state index contributed by atoms with van der Waals surface area (Å²) >= 11 is 0. The molecule has 0 saturated heterocycles. The first-order valence-electron chi connectivity index (χ1n) is 6.78. The fourth-order valence-electron chi connectivity index (χ4n) is 2.25. The molecule has 2 aromatic rings. The van der Waals surface area contributed by atoms with Crippen molar-refractivity contribution in [2.24, 2.45) is 0 Å². The van der Waals surface area contributed by atoms with Crippen LogP contribution in [0, 0.1) is 6.92 Å². The molecule has 0 fully saturated rings. The Morgan fingerprint density at radius 1 is 1.10 bits per heavy atom. The van der Waals surface area contributed by atoms with Gasteiger partial charge in [0.15, 0.2) is 0 Å². The largest absolute Gasteiger partial charge is 0.490 e. The summed E-state index contributed by atoms with van der Waals surface area (Å²) in [6, 6.07) is 8.13. The number of hydrogen-bond acceptors (Lipinski definition) is 5. The SMILES string of the molecule is COc1ncnc(C[C@H](CO)c2ccc(C)cc2)c1OC. The van der Waals surface area contributed by atoms with Crippen LogP contribution in [-0.4, -0.2) is 35.9 Å². The van der Waals surface area contributed by atoms with E-state index in [0.717, 1.165) is 11.3 Å². The van der Waals surface area contributed by atoms with E-state index in [1.54, 1.807) is 7.11 Å². The first-order chi connectivity index (χ1) is 10.2. The molecule has 0 spiro atoms. The fourth-order valence-corrected chi connectivity index (χ4v) is 2.25. The Hall–Kier alpha value is -2.14. The minimum atomic E-state index is -0.0425. The van der Waals surface area contributed by atoms with Crippen molar-refractivity contribution in [1.29, 1.82) is 0 Å². The molecule has 1 N–H and O–H groups in total. The van der Waals surface area contributed by atoms with Crippen molar-refractivity contribution in [3.05, 3.63) is 47.4 Å². The summed E-state index contributed by atoms with van der Waals surface area (Å²) in [6.07, 6.45) is 2.00. The molecule has 0 radical (unpaired) electrons. The van der Waals surface area contributed by atoms with Crippen LogP contribution in [-0.2, 0) is 6.42 Å². The van der Waals surface area contributed by atoms with Crippen LogP contribution in [0.3, 0.4) is 0 Å². The first-order valence-corrected chi connectivity index (χ1v) is 6.78. The number of hydrogen-bond donors (Lipinski definition) is 1. The molecule has 0 bridgehead atoms. The van der Waals surface area contributed by atoms with Crippen molar-refractivity contribution in [3.8, 4) is 11.6 Å². The molecule has 5 nitrogen and oxygen atoms in total. The Balaban J connectivity index is 2.28. The molecule has 0 aliphatic rings. The number of ether oxygens (including phenoxy) is 2. The maximum atomic E-state index is 9.68. The second-order valence-electron chi connectivity index (χ2n) is 4.86. The molecule has 21 heavy (non-hydrogen) atoms. The zero-order chi connectivity index (χ0) is 15.2. The van der Waals surface area contributed by atoms with Crippen LogP contribution >= 0.6 is 0 Å². The van der Waals surface area contributed by atoms with Crippen molar-refractivity contribution >= 4 is 0 Å². The number of aryl methyl sites for hydroxylation is 1. The van der Waals surface area contributed by atoms with Crippen molar-refractivity contribution < 1.29 is 14.6 Å². The van der Waals surface area contributed by atoms with Gasteiger partial charge >= 0.3 is 0 Å². The Morgan fingerprint density at radius 2 is 1.81 bits per heavy atom. The minimum Gasteiger partial charge on any atom is -0.490 e. The van der Waals surface area contributed by atoms with Crippen LogP contribution < -0.4 is 9.47 Å². The van der Waals surface area contributed by atoms with Gasteiger partial charge in [-0.3, -0.25) is 0 Å². The molecular formula is C16H20N2O3. The lowest BCUT2D eigenvalue weighted by Gasteiger charge is -2.17. The number of aliphatic hydroxyl groups is 1. The van der Waals surface area contributed by atoms with E-state index in [-0.39, 0.29) is 12.5 Å². The average molecular weight is 288 g/mol. The van der Waals surface area contributed by atoms with Gasteiger partial charge in [-0.25, -0.2) is 4.98 Å². The lowest BCUT2D eigenvalue weighted by atomic mass is 9.94. The molecule has 1 aromatic heterocycles. The average Bonchev–Trinajstić information content (AvgIpc) is 2.53. The van der Waals surface area contributed by atoms with Gasteiger partial charge in [-0.2, -0.15) is 4.98 Å². The van der Waals surface area contributed by atoms with Gasteiger partial charge in [-0.05, 0) is 12.5 Å². The van der Waals surface area contributed by atoms with Crippen LogP contribution in [0.1, 0.15) is 22.7 Å². The molecular weight excluding hydrogens is 268 g/mol. The Kier molecular flexibility index (Phi) is 5.11. The predicted octanol–water partition coefficient (Wildman–Crippen LogP) is 2.12. The lowest BCUT2D eigenvalue weighted by molar-refractivity contribution is 0.261. The highest BCUT2D eigenvalue weighted by Crippen LogP contribution is 2.30. The Morgan fingerprint density at radius 3 is 2.38 bits per heavy atom. The number of methoxy groups -OCH3 is 2. The van der Waals surface area contributed by atoms with E-state index in [0.29, 0.717) is 18.1 Å². The number of rotatable bonds is 6. The summed E-state index contributed by atoms with van der Waals surface area (Å²) in [5.41, 5.74) is 2.99. The fraction of sp³-hybridized carbons (Fsp3) is 0.375. The highest BCUT2D eigenvalue weighted by atomic mass is 16.5. The number of nitrogens with zero attached hydrogens (tertiary/aromatic N) is 2. The highest BCUT2D eigenvalue weighted by Gasteiger charge is 2.18. The van der Waals surface area contributed by atoms with Crippen molar-refractivity contribution in [2.75, 3.05) is 20.8 Å². The zero-order valence-electron chi connectivity index (χ0n) is 12.5. The molecule has 1 atom stereocenters. The summed E-state index contributed by atoms with van der Waals surface area (Å²) in [6.45, 7) is 2.08. The van der Waals surface area contributed by atoms with Crippen molar-refractivity contribution in [1.82, 2.24) is 9.97 Å². The molecule has 5 heteroatoms. The monoisotopic (exact) mass is 288 g/mol. The van der Waals surface area contributed by atoms with Gasteiger partial charge in [0.1, 0.15) is 6.33 Å². The predicted molar refractivity (Wildman–Crippen MR) is 79.8 cm³/mol. The molecule has 0 unspecified atom stereocenters. The molecule has 0 aliphatic heterocycles. The number of benzene rings is 1. The van der Waals surface area contributed by atoms with Gasteiger partial charge in [0.25, 0.3) is 5.88 Å². The molecule has 2 rings (SSSR count). The zero-order valence-corrected chi connectivity index (χ0v) is 12.5. The third-order valence-corrected chi connectivity index (χ3v) is 3.45. The van der Waals surface area contributed by atoms with Gasteiger partial charge in [-0.15, -0.1) is 0 Å². The van der Waals surface area contributed by atoms with E-state index >= 15 is 0 Å². The summed E-state index contributed by atoms with van der Waals surface area (Å²) in [4.78, 5) is 8.29. The van der Waals surface area contributed by atoms with E-state index in [1.165, 1.54) is 19.0 Å². The van der Waals surface area contributed by atoms with Gasteiger partial charge in [0.05, 0.1) is 26.5 Å². The molecule has 0 amide bonds. The van der Waals surface area contributed by atoms with E-state index < -0.39 is 0 Å². The Labute approximate surface area is 124 Å². The summed E-state index contributed by atoms with van der Waals surface area (Å²) in [5.74, 6) is 0.882. The quantitative estimate of drug-likeness (QED) is 0.882. The topological polar surface area (TPSA) is 64.5 Å². The molecule has 1 aromatic carbocycles. The summed E-state index contributed by atoms with van der Waals surface area (Å²) < 4.78 is 10.5. The normalized spacial score (nSPS) is 12.0. The second-order valence-corrected chi connectivity index (χ2v) is 4.86. The van der Waals surface area contributed by atoms with Crippen LogP contribution in [0.5, 0.6) is 11.6 Å². The van der Waals surface area contributed by atoms with Crippen molar-refractivity contribution in [2.45, 2.75) is 19.3 Å². The third kappa shape index (κ3) is 3.49. The van der Waals surface area contributed by atoms with E-state index in [9.17, 15) is 5.11 Å². The molecule has 0 saturated carbocycles. The van der Waals surface area contributed by atoms with Crippen LogP contribution in [0.2, 0.25) is 0 Å². The standard InChI is InChI=1S/C16H20N2O3/c1-11-4-6-12(7-5-11)13(9-19)8-14-15(20-2)16(21-3)18-10-17-14/h4-7,10,13,19H,8-9H2,1-3H3/t13-/m1/s1. The molecule has 0 aliphatic carbocycles. The van der Waals surface area contributed by atoms with E-state index in [2.05, 4.69) is 9.97 Å². The first kappa shape index (κ1) is 15.3. The lowest BCUT2D eigenvalue weighted by Crippen LogP contribution is -2.11. The van der Waals surface area contributed by atoms with Gasteiger partial charge in [0.2, 0.25) is 5.75 Å². The van der Waals surface area contributed by atoms with Crippen LogP contribution in [0.4, 0.5) is 0 Å². The van der Waals surface area contributed by atoms with Crippen LogP contribution in [0.15, 0.2) is 30.6 Å². The smallest absolute Gasteiger partial charge is 0.260 e. The van der Waals surface area contributed by atoms with Gasteiger partial charge < -0.3 is 14.6 Å². The number of aromatic nitrogens is 2. The number of aliphatic hydroxyl groups excluding tert-OH is 1. The second kappa shape index (κ2) is 7.04. The van der Waals surface area contributed by atoms with Gasteiger partial charge in [0, 0.05) is 12.3 Å². The highest BCUT2D eigenvalue weighted by molar-refractivity contribution is 5.38. The maximum absolute atomic E-state index is 9.68. The van der Waals surface area contributed by atoms with E-state index in [1.807, 2.05) is 31.2 Å². The summed E-state index contributed by atoms with van der Waals surface area (Å²) in [7, 11) is 3.10. The van der Waals surface area contributed by atoms with Gasteiger partial charge in [-0.1, -0.05) is 29.8 Å². The molecule has 1 heterocycles. The van der Waals surface area contributed by atoms with Crippen LogP contribution in [0.25, 0.3) is 0 Å². The summed E-state index contributed by atoms with van der Waals surface area (Å²) in [5, 5.41) is 9.68. The van der Waals surface area contributed by atoms with E-state index in [4.69, 9.17) is 9.47 Å². The van der Waals surface area contributed by atoms with Crippen molar-refractivity contribution in [3.63, 3.8) is 0 Å². The minimum absolute atomic E-state index is 0.0402.